The number of halogens is 2. The molecule has 0 radical (unpaired) electrons. The van der Waals surface area contributed by atoms with Crippen LogP contribution < -0.4 is 21.0 Å². The minimum Gasteiger partial charge on any atom is -0.371 e. The van der Waals surface area contributed by atoms with E-state index in [2.05, 4.69) is 15.3 Å². The highest BCUT2D eigenvalue weighted by atomic mass is 19.1. The van der Waals surface area contributed by atoms with Crippen molar-refractivity contribution in [1.82, 2.24) is 5.32 Å². The molecule has 2 aliphatic rings. The van der Waals surface area contributed by atoms with Crippen LogP contribution in [0.1, 0.15) is 12.8 Å². The summed E-state index contributed by atoms with van der Waals surface area (Å²) in [6.45, 7) is 2.05. The largest absolute Gasteiger partial charge is 0.371 e. The van der Waals surface area contributed by atoms with E-state index in [-0.39, 0.29) is 29.8 Å². The van der Waals surface area contributed by atoms with Crippen LogP contribution in [0.4, 0.5) is 20.2 Å². The van der Waals surface area contributed by atoms with E-state index < -0.39 is 17.8 Å². The maximum atomic E-state index is 13.2. The lowest BCUT2D eigenvalue weighted by atomic mass is 10.1. The standard InChI is InChI=1S/C22H23F2N5O2/c23-15-1-5-17(6-2-15)28-10-9-14(13-28)12-26-22(31)19-11-20(21(25)30)29(27-19)18-7-3-16(24)4-8-18/h1-8,14,20H,9-13H2,(H2,25,30)(H,26,31). The molecule has 0 bridgehead atoms. The number of nitrogens with one attached hydrogen (secondary N) is 1. The molecule has 2 unspecified atom stereocenters. The van der Waals surface area contributed by atoms with Crippen molar-refractivity contribution in [3.8, 4) is 0 Å². The van der Waals surface area contributed by atoms with E-state index in [1.54, 1.807) is 12.1 Å². The quantitative estimate of drug-likeness (QED) is 0.738. The van der Waals surface area contributed by atoms with Crippen LogP contribution in [-0.4, -0.2) is 43.2 Å². The van der Waals surface area contributed by atoms with Crippen molar-refractivity contribution in [3.63, 3.8) is 0 Å². The molecule has 4 rings (SSSR count). The first kappa shape index (κ1) is 20.8. The molecule has 2 amide bonds. The smallest absolute Gasteiger partial charge is 0.267 e. The maximum absolute atomic E-state index is 13.2. The summed E-state index contributed by atoms with van der Waals surface area (Å²) in [6.07, 6.45) is 0.987. The fourth-order valence-electron chi connectivity index (χ4n) is 3.93. The summed E-state index contributed by atoms with van der Waals surface area (Å²) in [5.41, 5.74) is 7.13. The Balaban J connectivity index is 1.36. The molecular formula is C22H23F2N5O2. The van der Waals surface area contributed by atoms with Gasteiger partial charge in [-0.2, -0.15) is 5.10 Å². The third kappa shape index (κ3) is 4.65. The summed E-state index contributed by atoms with van der Waals surface area (Å²) < 4.78 is 26.3. The third-order valence-corrected chi connectivity index (χ3v) is 5.62. The molecule has 0 aliphatic carbocycles. The SMILES string of the molecule is NC(=O)C1CC(C(=O)NCC2CCN(c3ccc(F)cc3)C2)=NN1c1ccc(F)cc1. The van der Waals surface area contributed by atoms with Gasteiger partial charge in [-0.05, 0) is 60.9 Å². The normalized spacial score (nSPS) is 20.6. The molecule has 1 fully saturated rings. The number of hydrogen-bond acceptors (Lipinski definition) is 5. The molecule has 2 aliphatic heterocycles. The molecule has 2 heterocycles. The van der Waals surface area contributed by atoms with E-state index in [4.69, 9.17) is 5.73 Å². The van der Waals surface area contributed by atoms with Gasteiger partial charge in [0.1, 0.15) is 23.4 Å². The van der Waals surface area contributed by atoms with Crippen LogP contribution >= 0.6 is 0 Å². The molecule has 9 heteroatoms. The molecule has 31 heavy (non-hydrogen) atoms. The van der Waals surface area contributed by atoms with Gasteiger partial charge in [0.05, 0.1) is 5.69 Å². The summed E-state index contributed by atoms with van der Waals surface area (Å²) in [6, 6.07) is 11.1. The van der Waals surface area contributed by atoms with Crippen LogP contribution in [-0.2, 0) is 9.59 Å². The molecule has 0 aromatic heterocycles. The molecular weight excluding hydrogens is 404 g/mol. The average Bonchev–Trinajstić information content (AvgIpc) is 3.41. The van der Waals surface area contributed by atoms with Gasteiger partial charge in [-0.1, -0.05) is 0 Å². The Hall–Kier alpha value is -3.49. The van der Waals surface area contributed by atoms with Crippen LogP contribution in [0.5, 0.6) is 0 Å². The first-order valence-electron chi connectivity index (χ1n) is 10.1. The molecule has 2 aromatic carbocycles. The fourth-order valence-corrected chi connectivity index (χ4v) is 3.93. The molecule has 3 N–H and O–H groups in total. The Morgan fingerprint density at radius 2 is 1.65 bits per heavy atom. The van der Waals surface area contributed by atoms with Crippen molar-refractivity contribution in [2.24, 2.45) is 16.8 Å². The Labute approximate surface area is 178 Å². The zero-order valence-corrected chi connectivity index (χ0v) is 16.8. The number of carbonyl (C=O) groups is 2. The predicted octanol–water partition coefficient (Wildman–Crippen LogP) is 2.03. The molecule has 2 aromatic rings. The lowest BCUT2D eigenvalue weighted by molar-refractivity contribution is -0.119. The Bertz CT molecular complexity index is 994. The van der Waals surface area contributed by atoms with Crippen molar-refractivity contribution in [2.75, 3.05) is 29.5 Å². The van der Waals surface area contributed by atoms with E-state index in [0.29, 0.717) is 12.2 Å². The number of primary amides is 1. The third-order valence-electron chi connectivity index (χ3n) is 5.62. The maximum Gasteiger partial charge on any atom is 0.267 e. The number of anilines is 2. The molecule has 0 spiro atoms. The van der Waals surface area contributed by atoms with Crippen molar-refractivity contribution >= 4 is 28.9 Å². The Kier molecular flexibility index (Phi) is 5.83. The number of hydrogen-bond donors (Lipinski definition) is 2. The van der Waals surface area contributed by atoms with Crippen molar-refractivity contribution in [2.45, 2.75) is 18.9 Å². The number of rotatable bonds is 6. The van der Waals surface area contributed by atoms with Gasteiger partial charge in [0.2, 0.25) is 5.91 Å². The van der Waals surface area contributed by atoms with Crippen molar-refractivity contribution in [1.29, 1.82) is 0 Å². The molecule has 7 nitrogen and oxygen atoms in total. The molecule has 162 valence electrons. The second-order valence-electron chi connectivity index (χ2n) is 7.78. The van der Waals surface area contributed by atoms with Gasteiger partial charge < -0.3 is 16.0 Å². The minimum absolute atomic E-state index is 0.0882. The van der Waals surface area contributed by atoms with Gasteiger partial charge in [0.15, 0.2) is 0 Å². The number of benzene rings is 2. The van der Waals surface area contributed by atoms with E-state index in [0.717, 1.165) is 25.2 Å². The highest BCUT2D eigenvalue weighted by Crippen LogP contribution is 2.26. The van der Waals surface area contributed by atoms with E-state index in [1.165, 1.54) is 41.4 Å². The second-order valence-corrected chi connectivity index (χ2v) is 7.78. The topological polar surface area (TPSA) is 91.0 Å². The first-order valence-corrected chi connectivity index (χ1v) is 10.1. The zero-order valence-electron chi connectivity index (χ0n) is 16.8. The summed E-state index contributed by atoms with van der Waals surface area (Å²) in [5, 5.41) is 8.53. The van der Waals surface area contributed by atoms with E-state index in [1.807, 2.05) is 0 Å². The van der Waals surface area contributed by atoms with Crippen LogP contribution in [0.3, 0.4) is 0 Å². The second kappa shape index (κ2) is 8.71. The first-order chi connectivity index (χ1) is 14.9. The Morgan fingerprint density at radius 1 is 1.03 bits per heavy atom. The van der Waals surface area contributed by atoms with Crippen LogP contribution in [0.25, 0.3) is 0 Å². The fraction of sp³-hybridized carbons (Fsp3) is 0.318. The highest BCUT2D eigenvalue weighted by Gasteiger charge is 2.35. The van der Waals surface area contributed by atoms with E-state index in [9.17, 15) is 18.4 Å². The van der Waals surface area contributed by atoms with Gasteiger partial charge >= 0.3 is 0 Å². The van der Waals surface area contributed by atoms with Crippen molar-refractivity contribution in [3.05, 3.63) is 60.2 Å². The summed E-state index contributed by atoms with van der Waals surface area (Å²) >= 11 is 0. The number of amides is 2. The van der Waals surface area contributed by atoms with Crippen LogP contribution in [0.2, 0.25) is 0 Å². The number of carbonyl (C=O) groups excluding carboxylic acids is 2. The van der Waals surface area contributed by atoms with Gasteiger partial charge in [-0.15, -0.1) is 0 Å². The molecule has 1 saturated heterocycles. The summed E-state index contributed by atoms with van der Waals surface area (Å²) in [5.74, 6) is -1.39. The highest BCUT2D eigenvalue weighted by molar-refractivity contribution is 6.40. The zero-order chi connectivity index (χ0) is 22.0. The Morgan fingerprint density at radius 3 is 2.26 bits per heavy atom. The van der Waals surface area contributed by atoms with Crippen LogP contribution in [0, 0.1) is 17.6 Å². The summed E-state index contributed by atoms with van der Waals surface area (Å²) in [4.78, 5) is 26.7. The molecule has 0 saturated carbocycles. The predicted molar refractivity (Wildman–Crippen MR) is 114 cm³/mol. The monoisotopic (exact) mass is 427 g/mol. The number of nitrogens with two attached hydrogens (primary N) is 1. The van der Waals surface area contributed by atoms with Gasteiger partial charge in [-0.25, -0.2) is 8.78 Å². The van der Waals surface area contributed by atoms with E-state index >= 15 is 0 Å². The molecule has 2 atom stereocenters. The van der Waals surface area contributed by atoms with Gasteiger partial charge in [0.25, 0.3) is 5.91 Å². The van der Waals surface area contributed by atoms with Gasteiger partial charge in [0, 0.05) is 31.7 Å². The average molecular weight is 427 g/mol. The number of hydrazone groups is 1. The summed E-state index contributed by atoms with van der Waals surface area (Å²) in [7, 11) is 0. The lowest BCUT2D eigenvalue weighted by Gasteiger charge is -2.20. The number of nitrogens with zero attached hydrogens (tertiary/aromatic N) is 3. The van der Waals surface area contributed by atoms with Crippen LogP contribution in [0.15, 0.2) is 53.6 Å². The van der Waals surface area contributed by atoms with Gasteiger partial charge in [-0.3, -0.25) is 14.6 Å². The minimum atomic E-state index is -0.799. The van der Waals surface area contributed by atoms with Crippen molar-refractivity contribution < 1.29 is 18.4 Å². The lowest BCUT2D eigenvalue weighted by Crippen LogP contribution is -2.40.